The van der Waals surface area contributed by atoms with Crippen LogP contribution in [0.5, 0.6) is 5.75 Å². The first-order chi connectivity index (χ1) is 8.19. The summed E-state index contributed by atoms with van der Waals surface area (Å²) in [6.45, 7) is 2.58. The first kappa shape index (κ1) is 13.5. The summed E-state index contributed by atoms with van der Waals surface area (Å²) in [5.41, 5.74) is 0.710. The molecule has 1 amide bonds. The largest absolute Gasteiger partial charge is 0.508 e. The maximum atomic E-state index is 11.9. The third-order valence-corrected chi connectivity index (χ3v) is 2.56. The van der Waals surface area contributed by atoms with Gasteiger partial charge in [0.2, 0.25) is 5.91 Å². The molecule has 0 aliphatic rings. The number of unbranched alkanes of at least 4 members (excludes halogenated alkanes) is 1. The summed E-state index contributed by atoms with van der Waals surface area (Å²) in [5.74, 6) is 0.177. The molecular weight excluding hydrogens is 218 g/mol. The number of benzene rings is 1. The van der Waals surface area contributed by atoms with Crippen LogP contribution in [0.25, 0.3) is 0 Å². The van der Waals surface area contributed by atoms with Crippen LogP contribution in [0.15, 0.2) is 24.3 Å². The number of phenolic OH excluding ortho intramolecular Hbond substituents is 1. The van der Waals surface area contributed by atoms with Crippen molar-refractivity contribution in [2.75, 3.05) is 18.1 Å². The van der Waals surface area contributed by atoms with E-state index in [0.717, 1.165) is 0 Å². The van der Waals surface area contributed by atoms with Crippen molar-refractivity contribution in [2.24, 2.45) is 0 Å². The van der Waals surface area contributed by atoms with Gasteiger partial charge in [0.25, 0.3) is 0 Å². The molecule has 0 saturated carbocycles. The van der Waals surface area contributed by atoms with Gasteiger partial charge in [-0.1, -0.05) is 6.07 Å². The lowest BCUT2D eigenvalue weighted by atomic mass is 10.2. The third kappa shape index (κ3) is 4.07. The normalized spacial score (nSPS) is 10.2. The van der Waals surface area contributed by atoms with Gasteiger partial charge in [-0.2, -0.15) is 0 Å². The van der Waals surface area contributed by atoms with Crippen LogP contribution in [0.1, 0.15) is 26.2 Å². The molecule has 17 heavy (non-hydrogen) atoms. The van der Waals surface area contributed by atoms with Crippen molar-refractivity contribution in [1.29, 1.82) is 0 Å². The Balaban J connectivity index is 2.67. The van der Waals surface area contributed by atoms with Crippen molar-refractivity contribution < 1.29 is 15.0 Å². The van der Waals surface area contributed by atoms with Gasteiger partial charge < -0.3 is 15.1 Å². The SMILES string of the molecule is CCN(C(=O)CCCCO)c1cccc(O)c1. The molecule has 0 saturated heterocycles. The number of aliphatic hydroxyl groups excluding tert-OH is 1. The van der Waals surface area contributed by atoms with Gasteiger partial charge in [-0.3, -0.25) is 4.79 Å². The Bertz CT molecular complexity index is 365. The molecule has 0 unspecified atom stereocenters. The van der Waals surface area contributed by atoms with Crippen LogP contribution in [0, 0.1) is 0 Å². The average Bonchev–Trinajstić information content (AvgIpc) is 2.30. The quantitative estimate of drug-likeness (QED) is 0.743. The van der Waals surface area contributed by atoms with Crippen LogP contribution in [-0.4, -0.2) is 29.3 Å². The molecule has 0 aliphatic carbocycles. The summed E-state index contributed by atoms with van der Waals surface area (Å²) in [6.07, 6.45) is 1.75. The second-order valence-corrected chi connectivity index (χ2v) is 3.84. The molecule has 1 rings (SSSR count). The lowest BCUT2D eigenvalue weighted by Gasteiger charge is -2.21. The monoisotopic (exact) mass is 237 g/mol. The van der Waals surface area contributed by atoms with E-state index in [9.17, 15) is 9.90 Å². The Morgan fingerprint density at radius 1 is 1.35 bits per heavy atom. The number of hydrogen-bond acceptors (Lipinski definition) is 3. The molecule has 0 aliphatic heterocycles. The van der Waals surface area contributed by atoms with Gasteiger partial charge in [0, 0.05) is 31.3 Å². The second-order valence-electron chi connectivity index (χ2n) is 3.84. The van der Waals surface area contributed by atoms with E-state index in [2.05, 4.69) is 0 Å². The van der Waals surface area contributed by atoms with Gasteiger partial charge in [0.05, 0.1) is 0 Å². The Morgan fingerprint density at radius 2 is 2.12 bits per heavy atom. The van der Waals surface area contributed by atoms with E-state index >= 15 is 0 Å². The number of rotatable bonds is 6. The highest BCUT2D eigenvalue weighted by Crippen LogP contribution is 2.20. The summed E-state index contributed by atoms with van der Waals surface area (Å²) in [7, 11) is 0. The van der Waals surface area contributed by atoms with Crippen LogP contribution >= 0.6 is 0 Å². The van der Waals surface area contributed by atoms with Crippen molar-refractivity contribution in [3.63, 3.8) is 0 Å². The predicted octanol–water partition coefficient (Wildman–Crippen LogP) is 1.91. The smallest absolute Gasteiger partial charge is 0.226 e. The number of hydrogen-bond donors (Lipinski definition) is 2. The summed E-state index contributed by atoms with van der Waals surface area (Å²) >= 11 is 0. The molecular formula is C13H19NO3. The molecule has 4 nitrogen and oxygen atoms in total. The summed E-state index contributed by atoms with van der Waals surface area (Å²) in [6, 6.07) is 6.67. The van der Waals surface area contributed by atoms with Gasteiger partial charge in [-0.25, -0.2) is 0 Å². The van der Waals surface area contributed by atoms with E-state index in [1.54, 1.807) is 29.2 Å². The number of aliphatic hydroxyl groups is 1. The Labute approximate surface area is 101 Å². The van der Waals surface area contributed by atoms with Gasteiger partial charge in [0.1, 0.15) is 5.75 Å². The van der Waals surface area contributed by atoms with Gasteiger partial charge in [-0.15, -0.1) is 0 Å². The number of carbonyl (C=O) groups is 1. The first-order valence-corrected chi connectivity index (χ1v) is 5.89. The number of phenols is 1. The predicted molar refractivity (Wildman–Crippen MR) is 67.1 cm³/mol. The average molecular weight is 237 g/mol. The molecule has 0 bridgehead atoms. The third-order valence-electron chi connectivity index (χ3n) is 2.56. The van der Waals surface area contributed by atoms with Crippen molar-refractivity contribution in [3.8, 4) is 5.75 Å². The lowest BCUT2D eigenvalue weighted by Crippen LogP contribution is -2.30. The Kier molecular flexibility index (Phi) is 5.49. The highest BCUT2D eigenvalue weighted by Gasteiger charge is 2.13. The zero-order valence-electron chi connectivity index (χ0n) is 10.1. The van der Waals surface area contributed by atoms with Gasteiger partial charge in [0.15, 0.2) is 0 Å². The number of anilines is 1. The molecule has 2 N–H and O–H groups in total. The molecule has 94 valence electrons. The second kappa shape index (κ2) is 6.91. The highest BCUT2D eigenvalue weighted by atomic mass is 16.3. The summed E-state index contributed by atoms with van der Waals surface area (Å²) in [5, 5.41) is 18.1. The number of carbonyl (C=O) groups excluding carboxylic acids is 1. The van der Waals surface area contributed by atoms with Crippen LogP contribution < -0.4 is 4.90 Å². The van der Waals surface area contributed by atoms with Crippen molar-refractivity contribution in [1.82, 2.24) is 0 Å². The molecule has 4 heteroatoms. The van der Waals surface area contributed by atoms with Crippen LogP contribution in [0.3, 0.4) is 0 Å². The fourth-order valence-corrected chi connectivity index (χ4v) is 1.69. The maximum absolute atomic E-state index is 11.9. The standard InChI is InChI=1S/C13H19NO3/c1-2-14(13(17)8-3-4-9-15)11-6-5-7-12(16)10-11/h5-7,10,15-16H,2-4,8-9H2,1H3. The topological polar surface area (TPSA) is 60.8 Å². The minimum Gasteiger partial charge on any atom is -0.508 e. The lowest BCUT2D eigenvalue weighted by molar-refractivity contribution is -0.118. The van der Waals surface area contributed by atoms with Crippen molar-refractivity contribution in [2.45, 2.75) is 26.2 Å². The molecule has 0 aromatic heterocycles. The molecule has 0 radical (unpaired) electrons. The van der Waals surface area contributed by atoms with Crippen LogP contribution in [0.2, 0.25) is 0 Å². The zero-order chi connectivity index (χ0) is 12.7. The van der Waals surface area contributed by atoms with E-state index in [4.69, 9.17) is 5.11 Å². The Morgan fingerprint density at radius 3 is 2.71 bits per heavy atom. The fraction of sp³-hybridized carbons (Fsp3) is 0.462. The minimum atomic E-state index is 0.0200. The van der Waals surface area contributed by atoms with E-state index in [1.165, 1.54) is 0 Å². The molecule has 0 spiro atoms. The maximum Gasteiger partial charge on any atom is 0.226 e. The number of amides is 1. The van der Waals surface area contributed by atoms with Gasteiger partial charge >= 0.3 is 0 Å². The van der Waals surface area contributed by atoms with Crippen molar-refractivity contribution >= 4 is 11.6 Å². The van der Waals surface area contributed by atoms with E-state index in [0.29, 0.717) is 31.5 Å². The number of nitrogens with zero attached hydrogens (tertiary/aromatic N) is 1. The minimum absolute atomic E-state index is 0.0200. The molecule has 0 atom stereocenters. The zero-order valence-corrected chi connectivity index (χ0v) is 10.1. The highest BCUT2D eigenvalue weighted by molar-refractivity contribution is 5.93. The van der Waals surface area contributed by atoms with E-state index in [-0.39, 0.29) is 18.3 Å². The summed E-state index contributed by atoms with van der Waals surface area (Å²) < 4.78 is 0. The van der Waals surface area contributed by atoms with E-state index < -0.39 is 0 Å². The van der Waals surface area contributed by atoms with Crippen molar-refractivity contribution in [3.05, 3.63) is 24.3 Å². The first-order valence-electron chi connectivity index (χ1n) is 5.89. The molecule has 0 fully saturated rings. The molecule has 0 heterocycles. The fourth-order valence-electron chi connectivity index (χ4n) is 1.69. The molecule has 1 aromatic carbocycles. The number of aromatic hydroxyl groups is 1. The molecule has 1 aromatic rings. The Hall–Kier alpha value is -1.55. The van der Waals surface area contributed by atoms with E-state index in [1.807, 2.05) is 6.92 Å². The van der Waals surface area contributed by atoms with Crippen LogP contribution in [0.4, 0.5) is 5.69 Å². The van der Waals surface area contributed by atoms with Gasteiger partial charge in [-0.05, 0) is 31.9 Å². The summed E-state index contributed by atoms with van der Waals surface area (Å²) in [4.78, 5) is 13.6. The van der Waals surface area contributed by atoms with Crippen LogP contribution in [-0.2, 0) is 4.79 Å².